The summed E-state index contributed by atoms with van der Waals surface area (Å²) in [6.07, 6.45) is 4.51. The van der Waals surface area contributed by atoms with Crippen LogP contribution >= 0.6 is 0 Å². The monoisotopic (exact) mass is 678 g/mol. The van der Waals surface area contributed by atoms with Gasteiger partial charge in [-0.15, -0.1) is 0 Å². The molecule has 1 heterocycles. The van der Waals surface area contributed by atoms with Gasteiger partial charge in [0.15, 0.2) is 0 Å². The van der Waals surface area contributed by atoms with Crippen molar-refractivity contribution < 1.29 is 0 Å². The van der Waals surface area contributed by atoms with Crippen molar-refractivity contribution in [1.29, 1.82) is 0 Å². The van der Waals surface area contributed by atoms with Crippen molar-refractivity contribution in [3.05, 3.63) is 204 Å². The van der Waals surface area contributed by atoms with Crippen molar-refractivity contribution in [3.63, 3.8) is 0 Å². The van der Waals surface area contributed by atoms with E-state index in [-0.39, 0.29) is 5.41 Å². The molecule has 0 unspecified atom stereocenters. The molecule has 1 aromatic heterocycles. The standard InChI is InChI=1S/C51H38N2/c1-51(2)47-33-36(25-29-43(47)45-30-31-46-44-20-12-13-21-48(44)53(50(46)49(45)51)41-18-10-5-11-19-41)23-22-35-24-26-38-34-42(28-27-37(38)32-35)52(39-14-6-3-7-15-39)40-16-8-4-9-17-40/h3-34H,1-2H3. The van der Waals surface area contributed by atoms with Crippen LogP contribution in [0.2, 0.25) is 0 Å². The van der Waals surface area contributed by atoms with E-state index in [2.05, 4.69) is 217 Å². The number of hydrogen-bond donors (Lipinski definition) is 0. The van der Waals surface area contributed by atoms with Crippen molar-refractivity contribution in [2.75, 3.05) is 4.90 Å². The largest absolute Gasteiger partial charge is 0.310 e. The van der Waals surface area contributed by atoms with Gasteiger partial charge >= 0.3 is 0 Å². The number of aromatic nitrogens is 1. The summed E-state index contributed by atoms with van der Waals surface area (Å²) in [5, 5.41) is 5.04. The van der Waals surface area contributed by atoms with E-state index in [9.17, 15) is 0 Å². The predicted molar refractivity (Wildman–Crippen MR) is 226 cm³/mol. The second-order valence-corrected chi connectivity index (χ2v) is 14.6. The first-order valence-electron chi connectivity index (χ1n) is 18.4. The first-order valence-corrected chi connectivity index (χ1v) is 18.4. The van der Waals surface area contributed by atoms with Gasteiger partial charge in [-0.05, 0) is 105 Å². The number of nitrogens with zero attached hydrogens (tertiary/aromatic N) is 2. The van der Waals surface area contributed by atoms with Crippen LogP contribution in [0.3, 0.4) is 0 Å². The molecule has 0 spiro atoms. The fourth-order valence-corrected chi connectivity index (χ4v) is 8.60. The zero-order valence-electron chi connectivity index (χ0n) is 29.9. The minimum atomic E-state index is -0.178. The van der Waals surface area contributed by atoms with Gasteiger partial charge in [-0.25, -0.2) is 0 Å². The summed E-state index contributed by atoms with van der Waals surface area (Å²) >= 11 is 0. The van der Waals surface area contributed by atoms with Crippen LogP contribution in [0.25, 0.3) is 61.5 Å². The van der Waals surface area contributed by atoms with Crippen LogP contribution in [0.1, 0.15) is 36.1 Å². The van der Waals surface area contributed by atoms with Crippen LogP contribution in [0.5, 0.6) is 0 Å². The second-order valence-electron chi connectivity index (χ2n) is 14.6. The zero-order chi connectivity index (χ0) is 35.5. The van der Waals surface area contributed by atoms with Crippen LogP contribution in [0.15, 0.2) is 182 Å². The van der Waals surface area contributed by atoms with Crippen molar-refractivity contribution >= 4 is 61.8 Å². The van der Waals surface area contributed by atoms with Gasteiger partial charge in [0, 0.05) is 38.9 Å². The molecule has 0 atom stereocenters. The van der Waals surface area contributed by atoms with Gasteiger partial charge < -0.3 is 9.47 Å². The fourth-order valence-electron chi connectivity index (χ4n) is 8.60. The van der Waals surface area contributed by atoms with Gasteiger partial charge in [0.25, 0.3) is 0 Å². The maximum Gasteiger partial charge on any atom is 0.0588 e. The smallest absolute Gasteiger partial charge is 0.0588 e. The Balaban J connectivity index is 0.999. The van der Waals surface area contributed by atoms with Crippen molar-refractivity contribution in [1.82, 2.24) is 4.57 Å². The van der Waals surface area contributed by atoms with Gasteiger partial charge in [-0.3, -0.25) is 0 Å². The summed E-state index contributed by atoms with van der Waals surface area (Å²) in [4.78, 5) is 2.31. The Hall–Kier alpha value is -6.64. The van der Waals surface area contributed by atoms with Gasteiger partial charge in [-0.1, -0.05) is 147 Å². The Morgan fingerprint density at radius 1 is 0.472 bits per heavy atom. The van der Waals surface area contributed by atoms with E-state index >= 15 is 0 Å². The molecular formula is C51H38N2. The quantitative estimate of drug-likeness (QED) is 0.159. The van der Waals surface area contributed by atoms with E-state index in [4.69, 9.17) is 0 Å². The minimum absolute atomic E-state index is 0.178. The molecule has 10 rings (SSSR count). The summed E-state index contributed by atoms with van der Waals surface area (Å²) in [6.45, 7) is 4.79. The number of fused-ring (bicyclic) bond motifs is 8. The summed E-state index contributed by atoms with van der Waals surface area (Å²) in [5.41, 5.74) is 14.8. The molecule has 0 saturated heterocycles. The SMILES string of the molecule is CC1(C)c2cc(C=Cc3ccc4cc(N(c5ccccc5)c5ccccc5)ccc4c3)ccc2-c2ccc3c4ccccc4n(-c4ccccc4)c3c21. The molecule has 2 heteroatoms. The predicted octanol–water partition coefficient (Wildman–Crippen LogP) is 13.9. The molecule has 0 radical (unpaired) electrons. The Labute approximate surface area is 310 Å². The third-order valence-electron chi connectivity index (χ3n) is 11.1. The molecule has 1 aliphatic carbocycles. The minimum Gasteiger partial charge on any atom is -0.310 e. The second kappa shape index (κ2) is 12.3. The molecule has 252 valence electrons. The van der Waals surface area contributed by atoms with Crippen LogP contribution in [-0.2, 0) is 5.41 Å². The average Bonchev–Trinajstić information content (AvgIpc) is 3.66. The fraction of sp³-hybridized carbons (Fsp3) is 0.0588. The highest BCUT2D eigenvalue weighted by Crippen LogP contribution is 2.53. The molecule has 0 aliphatic heterocycles. The van der Waals surface area contributed by atoms with Crippen LogP contribution in [0, 0.1) is 0 Å². The molecule has 2 nitrogen and oxygen atoms in total. The Kier molecular flexibility index (Phi) is 7.19. The lowest BCUT2D eigenvalue weighted by atomic mass is 9.81. The third-order valence-corrected chi connectivity index (χ3v) is 11.1. The molecule has 0 amide bonds. The lowest BCUT2D eigenvalue weighted by Crippen LogP contribution is -2.16. The molecular weight excluding hydrogens is 641 g/mol. The van der Waals surface area contributed by atoms with Crippen LogP contribution < -0.4 is 4.90 Å². The Morgan fingerprint density at radius 3 is 1.79 bits per heavy atom. The summed E-state index contributed by atoms with van der Waals surface area (Å²) in [5.74, 6) is 0. The van der Waals surface area contributed by atoms with Crippen molar-refractivity contribution in [2.24, 2.45) is 0 Å². The lowest BCUT2D eigenvalue weighted by Gasteiger charge is -2.25. The number of benzene rings is 8. The molecule has 0 saturated carbocycles. The number of anilines is 3. The summed E-state index contributed by atoms with van der Waals surface area (Å²) < 4.78 is 2.47. The van der Waals surface area contributed by atoms with Crippen molar-refractivity contribution in [3.8, 4) is 16.8 Å². The van der Waals surface area contributed by atoms with Crippen molar-refractivity contribution in [2.45, 2.75) is 19.3 Å². The molecule has 1 aliphatic rings. The molecule has 0 bridgehead atoms. The van der Waals surface area contributed by atoms with E-state index in [1.165, 1.54) is 71.6 Å². The molecule has 9 aromatic rings. The first kappa shape index (κ1) is 31.1. The summed E-state index contributed by atoms with van der Waals surface area (Å²) in [6, 6.07) is 66.0. The van der Waals surface area contributed by atoms with E-state index in [0.29, 0.717) is 0 Å². The topological polar surface area (TPSA) is 8.17 Å². The van der Waals surface area contributed by atoms with Gasteiger partial charge in [-0.2, -0.15) is 0 Å². The molecule has 8 aromatic carbocycles. The van der Waals surface area contributed by atoms with E-state index in [0.717, 1.165) is 17.1 Å². The maximum atomic E-state index is 2.47. The highest BCUT2D eigenvalue weighted by Gasteiger charge is 2.38. The highest BCUT2D eigenvalue weighted by molar-refractivity contribution is 6.13. The van der Waals surface area contributed by atoms with E-state index < -0.39 is 0 Å². The third kappa shape index (κ3) is 5.10. The number of hydrogen-bond acceptors (Lipinski definition) is 1. The Bertz CT molecular complexity index is 2800. The normalized spacial score (nSPS) is 13.2. The lowest BCUT2D eigenvalue weighted by molar-refractivity contribution is 0.663. The molecule has 0 fully saturated rings. The van der Waals surface area contributed by atoms with Crippen LogP contribution in [-0.4, -0.2) is 4.57 Å². The molecule has 0 N–H and O–H groups in total. The van der Waals surface area contributed by atoms with Crippen LogP contribution in [0.4, 0.5) is 17.1 Å². The number of para-hydroxylation sites is 4. The van der Waals surface area contributed by atoms with Gasteiger partial charge in [0.05, 0.1) is 11.0 Å². The van der Waals surface area contributed by atoms with Gasteiger partial charge in [0.2, 0.25) is 0 Å². The van der Waals surface area contributed by atoms with Gasteiger partial charge in [0.1, 0.15) is 0 Å². The number of rotatable bonds is 6. The Morgan fingerprint density at radius 2 is 1.06 bits per heavy atom. The summed E-state index contributed by atoms with van der Waals surface area (Å²) in [7, 11) is 0. The molecule has 53 heavy (non-hydrogen) atoms. The van der Waals surface area contributed by atoms with E-state index in [1.54, 1.807) is 0 Å². The van der Waals surface area contributed by atoms with E-state index in [1.807, 2.05) is 0 Å². The average molecular weight is 679 g/mol. The zero-order valence-corrected chi connectivity index (χ0v) is 29.9. The maximum absolute atomic E-state index is 2.47. The highest BCUT2D eigenvalue weighted by atomic mass is 15.1. The first-order chi connectivity index (χ1) is 26.0.